The Hall–Kier alpha value is -2.74. The first kappa shape index (κ1) is 18.1. The lowest BCUT2D eigenvalue weighted by molar-refractivity contribution is -0.137. The molecule has 0 aromatic heterocycles. The molecule has 8 nitrogen and oxygen atoms in total. The molecule has 1 saturated heterocycles. The van der Waals surface area contributed by atoms with Crippen molar-refractivity contribution in [1.82, 2.24) is 15.5 Å². The van der Waals surface area contributed by atoms with Gasteiger partial charge in [-0.15, -0.1) is 0 Å². The van der Waals surface area contributed by atoms with Crippen molar-refractivity contribution in [3.05, 3.63) is 34.9 Å². The molecule has 0 saturated carbocycles. The number of benzene rings is 1. The average molecular weight is 359 g/mol. The molecule has 8 heteroatoms. The van der Waals surface area contributed by atoms with Crippen LogP contribution in [0.1, 0.15) is 34.3 Å². The van der Waals surface area contributed by atoms with Crippen molar-refractivity contribution >= 4 is 23.6 Å². The Labute approximate surface area is 150 Å². The van der Waals surface area contributed by atoms with Crippen molar-refractivity contribution in [1.29, 1.82) is 0 Å². The van der Waals surface area contributed by atoms with Crippen LogP contribution in [0.25, 0.3) is 0 Å². The number of hydrogen-bond donors (Lipinski definition) is 2. The number of carbonyl (C=O) groups is 4. The molecule has 2 heterocycles. The molecule has 1 aromatic carbocycles. The van der Waals surface area contributed by atoms with Crippen molar-refractivity contribution < 1.29 is 23.9 Å². The maximum absolute atomic E-state index is 12.6. The van der Waals surface area contributed by atoms with Gasteiger partial charge in [-0.2, -0.15) is 0 Å². The number of hydrogen-bond acceptors (Lipinski definition) is 5. The standard InChI is InChI=1S/C18H21N3O5/c1-26-7-6-19-16(23)9-11-2-3-13-12(8-11)10-21(18(13)25)14-4-5-15(22)20-17(14)24/h2-3,8,14H,4-7,9-10H2,1H3,(H,19,23)(H,20,22,24). The van der Waals surface area contributed by atoms with E-state index in [1.54, 1.807) is 19.2 Å². The maximum atomic E-state index is 12.6. The molecule has 0 bridgehead atoms. The molecule has 0 aliphatic carbocycles. The lowest BCUT2D eigenvalue weighted by Gasteiger charge is -2.29. The maximum Gasteiger partial charge on any atom is 0.255 e. The fraction of sp³-hybridized carbons (Fsp3) is 0.444. The molecule has 3 rings (SSSR count). The third-order valence-electron chi connectivity index (χ3n) is 4.58. The van der Waals surface area contributed by atoms with E-state index in [9.17, 15) is 19.2 Å². The molecular formula is C18H21N3O5. The van der Waals surface area contributed by atoms with Crippen LogP contribution < -0.4 is 10.6 Å². The highest BCUT2D eigenvalue weighted by molar-refractivity contribution is 6.05. The second kappa shape index (κ2) is 7.65. The van der Waals surface area contributed by atoms with Gasteiger partial charge in [0.25, 0.3) is 5.91 Å². The second-order valence-electron chi connectivity index (χ2n) is 6.41. The first-order valence-corrected chi connectivity index (χ1v) is 8.51. The van der Waals surface area contributed by atoms with Gasteiger partial charge in [-0.1, -0.05) is 12.1 Å². The monoisotopic (exact) mass is 359 g/mol. The van der Waals surface area contributed by atoms with Crippen LogP contribution >= 0.6 is 0 Å². The number of amides is 4. The van der Waals surface area contributed by atoms with E-state index in [4.69, 9.17) is 4.74 Å². The van der Waals surface area contributed by atoms with Gasteiger partial charge in [-0.05, 0) is 23.6 Å². The second-order valence-corrected chi connectivity index (χ2v) is 6.41. The smallest absolute Gasteiger partial charge is 0.255 e. The first-order chi connectivity index (χ1) is 12.5. The van der Waals surface area contributed by atoms with Crippen LogP contribution in [0.15, 0.2) is 18.2 Å². The van der Waals surface area contributed by atoms with Crippen molar-refractivity contribution in [2.75, 3.05) is 20.3 Å². The largest absolute Gasteiger partial charge is 0.383 e. The van der Waals surface area contributed by atoms with Gasteiger partial charge in [-0.3, -0.25) is 24.5 Å². The SMILES string of the molecule is COCCNC(=O)Cc1ccc2c(c1)CN(C1CCC(=O)NC1=O)C2=O. The summed E-state index contributed by atoms with van der Waals surface area (Å²) in [4.78, 5) is 49.3. The van der Waals surface area contributed by atoms with Gasteiger partial charge in [0.2, 0.25) is 17.7 Å². The molecule has 2 N–H and O–H groups in total. The number of nitrogens with zero attached hydrogens (tertiary/aromatic N) is 1. The molecule has 1 fully saturated rings. The summed E-state index contributed by atoms with van der Waals surface area (Å²) in [6, 6.07) is 4.64. The van der Waals surface area contributed by atoms with Crippen molar-refractivity contribution in [2.45, 2.75) is 31.8 Å². The highest BCUT2D eigenvalue weighted by Crippen LogP contribution is 2.28. The molecule has 0 spiro atoms. The minimum Gasteiger partial charge on any atom is -0.383 e. The van der Waals surface area contributed by atoms with Gasteiger partial charge in [0.1, 0.15) is 6.04 Å². The number of piperidine rings is 1. The van der Waals surface area contributed by atoms with E-state index in [1.165, 1.54) is 4.90 Å². The predicted octanol–water partition coefficient (Wildman–Crippen LogP) is -0.247. The molecule has 1 atom stereocenters. The van der Waals surface area contributed by atoms with E-state index in [1.807, 2.05) is 6.07 Å². The van der Waals surface area contributed by atoms with Gasteiger partial charge < -0.3 is 15.0 Å². The number of carbonyl (C=O) groups excluding carboxylic acids is 4. The Morgan fingerprint density at radius 1 is 1.35 bits per heavy atom. The quantitative estimate of drug-likeness (QED) is 0.538. The first-order valence-electron chi connectivity index (χ1n) is 8.51. The highest BCUT2D eigenvalue weighted by atomic mass is 16.5. The predicted molar refractivity (Wildman–Crippen MR) is 91.1 cm³/mol. The molecule has 2 aliphatic heterocycles. The topological polar surface area (TPSA) is 105 Å². The Morgan fingerprint density at radius 3 is 2.88 bits per heavy atom. The third kappa shape index (κ3) is 3.75. The number of nitrogens with one attached hydrogen (secondary N) is 2. The summed E-state index contributed by atoms with van der Waals surface area (Å²) < 4.78 is 4.89. The molecular weight excluding hydrogens is 338 g/mol. The molecule has 1 aromatic rings. The van der Waals surface area contributed by atoms with E-state index in [0.717, 1.165) is 11.1 Å². The zero-order valence-electron chi connectivity index (χ0n) is 14.5. The van der Waals surface area contributed by atoms with E-state index in [-0.39, 0.29) is 30.6 Å². The fourth-order valence-electron chi connectivity index (χ4n) is 3.28. The minimum atomic E-state index is -0.631. The average Bonchev–Trinajstić information content (AvgIpc) is 2.91. The summed E-state index contributed by atoms with van der Waals surface area (Å²) in [5, 5.41) is 5.03. The fourth-order valence-corrected chi connectivity index (χ4v) is 3.28. The van der Waals surface area contributed by atoms with Crippen molar-refractivity contribution in [3.63, 3.8) is 0 Å². The summed E-state index contributed by atoms with van der Waals surface area (Å²) in [7, 11) is 1.57. The number of rotatable bonds is 6. The molecule has 0 radical (unpaired) electrons. The summed E-state index contributed by atoms with van der Waals surface area (Å²) in [6.07, 6.45) is 0.770. The van der Waals surface area contributed by atoms with E-state index in [2.05, 4.69) is 10.6 Å². The van der Waals surface area contributed by atoms with Crippen LogP contribution in [0.2, 0.25) is 0 Å². The van der Waals surface area contributed by atoms with Gasteiger partial charge in [0.05, 0.1) is 13.0 Å². The van der Waals surface area contributed by atoms with Crippen LogP contribution in [0.4, 0.5) is 0 Å². The van der Waals surface area contributed by atoms with Crippen molar-refractivity contribution in [2.24, 2.45) is 0 Å². The zero-order valence-corrected chi connectivity index (χ0v) is 14.5. The number of methoxy groups -OCH3 is 1. The lowest BCUT2D eigenvalue weighted by Crippen LogP contribution is -2.52. The van der Waals surface area contributed by atoms with E-state index >= 15 is 0 Å². The summed E-state index contributed by atoms with van der Waals surface area (Å²) in [5.41, 5.74) is 2.14. The normalized spacial score (nSPS) is 19.3. The zero-order chi connectivity index (χ0) is 18.7. The Kier molecular flexibility index (Phi) is 5.32. The Balaban J connectivity index is 1.67. The molecule has 138 valence electrons. The summed E-state index contributed by atoms with van der Waals surface area (Å²) in [5.74, 6) is -1.07. The summed E-state index contributed by atoms with van der Waals surface area (Å²) in [6.45, 7) is 1.20. The van der Waals surface area contributed by atoms with E-state index in [0.29, 0.717) is 31.7 Å². The van der Waals surface area contributed by atoms with Crippen molar-refractivity contribution in [3.8, 4) is 0 Å². The van der Waals surface area contributed by atoms with Crippen LogP contribution in [-0.4, -0.2) is 54.8 Å². The lowest BCUT2D eigenvalue weighted by atomic mass is 10.0. The molecule has 4 amide bonds. The van der Waals surface area contributed by atoms with Gasteiger partial charge in [-0.25, -0.2) is 0 Å². The van der Waals surface area contributed by atoms with Gasteiger partial charge in [0.15, 0.2) is 0 Å². The van der Waals surface area contributed by atoms with Crippen LogP contribution in [0.5, 0.6) is 0 Å². The highest BCUT2D eigenvalue weighted by Gasteiger charge is 2.39. The van der Waals surface area contributed by atoms with E-state index < -0.39 is 11.9 Å². The molecule has 1 unspecified atom stereocenters. The van der Waals surface area contributed by atoms with Crippen LogP contribution in [0, 0.1) is 0 Å². The summed E-state index contributed by atoms with van der Waals surface area (Å²) >= 11 is 0. The number of fused-ring (bicyclic) bond motifs is 1. The third-order valence-corrected chi connectivity index (χ3v) is 4.58. The molecule has 2 aliphatic rings. The molecule has 26 heavy (non-hydrogen) atoms. The van der Waals surface area contributed by atoms with Gasteiger partial charge in [0, 0.05) is 32.2 Å². The number of ether oxygens (including phenoxy) is 1. The minimum absolute atomic E-state index is 0.117. The van der Waals surface area contributed by atoms with Crippen LogP contribution in [0.3, 0.4) is 0 Å². The van der Waals surface area contributed by atoms with Gasteiger partial charge >= 0.3 is 0 Å². The Morgan fingerprint density at radius 2 is 2.15 bits per heavy atom. The Bertz CT molecular complexity index is 761. The van der Waals surface area contributed by atoms with Crippen LogP contribution in [-0.2, 0) is 32.1 Å². The number of imide groups is 1.